The van der Waals surface area contributed by atoms with Gasteiger partial charge in [0.05, 0.1) is 12.2 Å². The molecule has 3 unspecified atom stereocenters. The summed E-state index contributed by atoms with van der Waals surface area (Å²) in [6.07, 6.45) is -1.46. The van der Waals surface area contributed by atoms with E-state index in [2.05, 4.69) is 19.6 Å². The van der Waals surface area contributed by atoms with Crippen LogP contribution in [-0.2, 0) is 0 Å². The topological polar surface area (TPSA) is 60.7 Å². The number of aliphatic hydroxyl groups is 3. The smallest absolute Gasteiger partial charge is 0.393 e. The number of aliphatic hydroxyl groups excluding tert-OH is 2. The largest absolute Gasteiger partial charge is 0.429 e. The van der Waals surface area contributed by atoms with Crippen LogP contribution in [0.15, 0.2) is 47.6 Å². The van der Waals surface area contributed by atoms with E-state index in [1.165, 1.54) is 5.57 Å². The number of rotatable bonds is 5. The lowest BCUT2D eigenvalue weighted by molar-refractivity contribution is -0.347. The Labute approximate surface area is 213 Å². The van der Waals surface area contributed by atoms with Crippen molar-refractivity contribution in [1.82, 2.24) is 0 Å². The van der Waals surface area contributed by atoms with E-state index in [1.54, 1.807) is 0 Å². The molecule has 0 aromatic carbocycles. The first kappa shape index (κ1) is 28.4. The predicted molar refractivity (Wildman–Crippen MR) is 127 cm³/mol. The lowest BCUT2D eigenvalue weighted by Gasteiger charge is -2.45. The zero-order valence-corrected chi connectivity index (χ0v) is 21.0. The molecule has 3 nitrogen and oxygen atoms in total. The fraction of sp³-hybridized carbons (Fsp3) is 0.714. The van der Waals surface area contributed by atoms with Crippen LogP contribution in [0.3, 0.4) is 0 Å². The van der Waals surface area contributed by atoms with Crippen LogP contribution in [0.5, 0.6) is 0 Å². The fourth-order valence-corrected chi connectivity index (χ4v) is 7.38. The summed E-state index contributed by atoms with van der Waals surface area (Å²) in [6, 6.07) is 0. The molecule has 5 atom stereocenters. The quantitative estimate of drug-likeness (QED) is 0.271. The first-order valence-electron chi connectivity index (χ1n) is 13.0. The van der Waals surface area contributed by atoms with Gasteiger partial charge in [-0.3, -0.25) is 0 Å². The van der Waals surface area contributed by atoms with Crippen molar-refractivity contribution in [3.8, 4) is 0 Å². The minimum Gasteiger partial charge on any atom is -0.393 e. The lowest BCUT2D eigenvalue weighted by atomic mass is 9.59. The number of fused-ring (bicyclic) bond motifs is 1. The Bertz CT molecular complexity index is 973. The van der Waals surface area contributed by atoms with Crippen molar-refractivity contribution in [2.75, 3.05) is 0 Å². The maximum Gasteiger partial charge on any atom is 0.429 e. The Balaban J connectivity index is 1.52. The van der Waals surface area contributed by atoms with Gasteiger partial charge in [-0.2, -0.15) is 26.3 Å². The molecule has 0 aliphatic heterocycles. The van der Waals surface area contributed by atoms with Crippen molar-refractivity contribution >= 4 is 0 Å². The van der Waals surface area contributed by atoms with Crippen LogP contribution in [0.2, 0.25) is 0 Å². The second kappa shape index (κ2) is 9.56. The van der Waals surface area contributed by atoms with Crippen LogP contribution in [0.25, 0.3) is 0 Å². The van der Waals surface area contributed by atoms with E-state index < -0.39 is 30.2 Å². The van der Waals surface area contributed by atoms with Crippen LogP contribution in [-0.4, -0.2) is 45.5 Å². The third kappa shape index (κ3) is 5.08. The van der Waals surface area contributed by atoms with Gasteiger partial charge in [0.1, 0.15) is 0 Å². The van der Waals surface area contributed by atoms with Crippen molar-refractivity contribution in [3.05, 3.63) is 47.6 Å². The summed E-state index contributed by atoms with van der Waals surface area (Å²) in [5.41, 5.74) is -2.60. The number of allylic oxidation sites excluding steroid dienone is 4. The molecule has 0 amide bonds. The van der Waals surface area contributed by atoms with E-state index in [0.29, 0.717) is 12.0 Å². The molecule has 4 aliphatic carbocycles. The van der Waals surface area contributed by atoms with E-state index in [0.717, 1.165) is 56.6 Å². The maximum atomic E-state index is 13.1. The summed E-state index contributed by atoms with van der Waals surface area (Å²) < 4.78 is 78.4. The standard InChI is InChI=1S/C28H36F6O3/c1-17-19(15-20(35)16-22(17)36)7-6-18-5-3-10-24(2)21(18)8-9-23(24)25(13-14-25)11-4-12-26(37,27(29,30)31)28(32,33)34/h4,6-7,12,20-23,35-37H,1,3,5,8-11,13-16H2,2H3/b12-4+,18-6+,19-7-/t20?,21?,22-,23?,24-/m0/s1. The SMILES string of the molecule is C=C1/C(=C\C=C2/CCC[C@@]3(C)C2CCC3C2(C/C=C/C(O)(C(F)(F)F)C(F)(F)F)CC2)CC(O)C[C@@H]1O. The molecule has 0 radical (unpaired) electrons. The molecule has 0 heterocycles. The fourth-order valence-electron chi connectivity index (χ4n) is 7.38. The van der Waals surface area contributed by atoms with Gasteiger partial charge in [-0.15, -0.1) is 0 Å². The van der Waals surface area contributed by atoms with Crippen molar-refractivity contribution in [3.63, 3.8) is 0 Å². The van der Waals surface area contributed by atoms with Gasteiger partial charge in [-0.05, 0) is 97.7 Å². The van der Waals surface area contributed by atoms with E-state index in [4.69, 9.17) is 0 Å². The molecule has 0 saturated heterocycles. The summed E-state index contributed by atoms with van der Waals surface area (Å²) >= 11 is 0. The normalized spacial score (nSPS) is 37.0. The second-order valence-corrected chi connectivity index (χ2v) is 11.8. The zero-order valence-electron chi connectivity index (χ0n) is 21.0. The van der Waals surface area contributed by atoms with Gasteiger partial charge in [0.2, 0.25) is 0 Å². The molecule has 208 valence electrons. The minimum atomic E-state index is -5.85. The summed E-state index contributed by atoms with van der Waals surface area (Å²) in [6.45, 7) is 6.16. The highest BCUT2D eigenvalue weighted by molar-refractivity contribution is 5.39. The molecular formula is C28H36F6O3. The van der Waals surface area contributed by atoms with E-state index >= 15 is 0 Å². The van der Waals surface area contributed by atoms with Gasteiger partial charge < -0.3 is 15.3 Å². The minimum absolute atomic E-state index is 0.0765. The Morgan fingerprint density at radius 1 is 1.00 bits per heavy atom. The third-order valence-corrected chi connectivity index (χ3v) is 9.61. The van der Waals surface area contributed by atoms with Gasteiger partial charge in [-0.1, -0.05) is 37.3 Å². The first-order valence-corrected chi connectivity index (χ1v) is 13.0. The molecule has 0 bridgehead atoms. The molecule has 4 fully saturated rings. The summed E-state index contributed by atoms with van der Waals surface area (Å²) in [7, 11) is 0. The molecule has 3 N–H and O–H groups in total. The lowest BCUT2D eigenvalue weighted by Crippen LogP contribution is -2.55. The molecule has 4 saturated carbocycles. The molecule has 37 heavy (non-hydrogen) atoms. The third-order valence-electron chi connectivity index (χ3n) is 9.61. The van der Waals surface area contributed by atoms with Gasteiger partial charge >= 0.3 is 12.4 Å². The first-order chi connectivity index (χ1) is 17.0. The second-order valence-electron chi connectivity index (χ2n) is 11.8. The molecule has 4 rings (SSSR count). The average Bonchev–Trinajstić information content (AvgIpc) is 3.46. The summed E-state index contributed by atoms with van der Waals surface area (Å²) in [5, 5.41) is 29.6. The highest BCUT2D eigenvalue weighted by atomic mass is 19.4. The highest BCUT2D eigenvalue weighted by Crippen LogP contribution is 2.70. The Morgan fingerprint density at radius 2 is 1.65 bits per heavy atom. The zero-order chi connectivity index (χ0) is 27.4. The van der Waals surface area contributed by atoms with E-state index in [1.807, 2.05) is 6.08 Å². The number of hydrogen-bond acceptors (Lipinski definition) is 3. The molecule has 9 heteroatoms. The van der Waals surface area contributed by atoms with Crippen LogP contribution in [0, 0.1) is 22.7 Å². The van der Waals surface area contributed by atoms with Crippen LogP contribution >= 0.6 is 0 Å². The van der Waals surface area contributed by atoms with E-state index in [-0.39, 0.29) is 41.6 Å². The van der Waals surface area contributed by atoms with Crippen molar-refractivity contribution in [2.45, 2.75) is 101 Å². The average molecular weight is 535 g/mol. The number of alkyl halides is 6. The Hall–Kier alpha value is -1.58. The van der Waals surface area contributed by atoms with Gasteiger partial charge in [0, 0.05) is 6.42 Å². The van der Waals surface area contributed by atoms with Crippen molar-refractivity contribution in [1.29, 1.82) is 0 Å². The molecule has 0 aromatic heterocycles. The molecule has 4 aliphatic rings. The van der Waals surface area contributed by atoms with Gasteiger partial charge in [0.25, 0.3) is 5.60 Å². The number of hydrogen-bond donors (Lipinski definition) is 3. The van der Waals surface area contributed by atoms with Crippen LogP contribution in [0.1, 0.15) is 71.1 Å². The molecule has 0 aromatic rings. The monoisotopic (exact) mass is 534 g/mol. The molecule has 0 spiro atoms. The summed E-state index contributed by atoms with van der Waals surface area (Å²) in [5.74, 6) is 0.433. The van der Waals surface area contributed by atoms with Crippen LogP contribution < -0.4 is 0 Å². The maximum absolute atomic E-state index is 13.1. The van der Waals surface area contributed by atoms with Gasteiger partial charge in [0.15, 0.2) is 0 Å². The van der Waals surface area contributed by atoms with Crippen molar-refractivity contribution in [2.24, 2.45) is 22.7 Å². The predicted octanol–water partition coefficient (Wildman–Crippen LogP) is 6.71. The highest BCUT2D eigenvalue weighted by Gasteiger charge is 2.69. The van der Waals surface area contributed by atoms with Gasteiger partial charge in [-0.25, -0.2) is 0 Å². The Morgan fingerprint density at radius 3 is 2.24 bits per heavy atom. The molecular weight excluding hydrogens is 498 g/mol. The number of halogens is 6. The van der Waals surface area contributed by atoms with Crippen molar-refractivity contribution < 1.29 is 41.7 Å². The Kier molecular flexibility index (Phi) is 7.34. The van der Waals surface area contributed by atoms with Crippen LogP contribution in [0.4, 0.5) is 26.3 Å². The van der Waals surface area contributed by atoms with E-state index in [9.17, 15) is 41.7 Å². The summed E-state index contributed by atoms with van der Waals surface area (Å²) in [4.78, 5) is 0.